The number of benzene rings is 2. The fraction of sp³-hybridized carbons (Fsp3) is 0.300. The molecule has 0 saturated carbocycles. The molecule has 13 heteroatoms. The van der Waals surface area contributed by atoms with Crippen molar-refractivity contribution in [1.82, 2.24) is 9.62 Å². The number of carbonyl (C=O) groups is 2. The molecule has 3 N–H and O–H groups in total. The molecule has 0 bridgehead atoms. The number of carboxylic acid groups (broad SMARTS) is 1. The molecule has 178 valence electrons. The predicted molar refractivity (Wildman–Crippen MR) is 127 cm³/mol. The van der Waals surface area contributed by atoms with Gasteiger partial charge >= 0.3 is 12.2 Å². The number of hydrogen-bond acceptors (Lipinski definition) is 6. The summed E-state index contributed by atoms with van der Waals surface area (Å²) >= 11 is 6.47. The average molecular weight is 607 g/mol. The number of anilines is 1. The van der Waals surface area contributed by atoms with Gasteiger partial charge in [-0.2, -0.15) is 0 Å². The topological polar surface area (TPSA) is 134 Å². The molecule has 2 amide bonds. The van der Waals surface area contributed by atoms with Crippen molar-refractivity contribution in [2.45, 2.75) is 23.4 Å². The molecule has 1 aliphatic heterocycles. The summed E-state index contributed by atoms with van der Waals surface area (Å²) in [7, 11) is -2.43. The van der Waals surface area contributed by atoms with Crippen LogP contribution in [-0.4, -0.2) is 63.0 Å². The van der Waals surface area contributed by atoms with Gasteiger partial charge in [-0.15, -0.1) is 0 Å². The van der Waals surface area contributed by atoms with Gasteiger partial charge in [0.1, 0.15) is 12.4 Å². The minimum Gasteiger partial charge on any atom is -0.497 e. The molecule has 1 saturated heterocycles. The van der Waals surface area contributed by atoms with Gasteiger partial charge in [0.25, 0.3) is 0 Å². The monoisotopic (exact) mass is 605 g/mol. The van der Waals surface area contributed by atoms with Crippen LogP contribution < -0.4 is 14.8 Å². The molecule has 0 aromatic heterocycles. The van der Waals surface area contributed by atoms with Gasteiger partial charge in [-0.05, 0) is 52.7 Å². The molecule has 1 fully saturated rings. The van der Waals surface area contributed by atoms with Crippen LogP contribution in [0.4, 0.5) is 15.3 Å². The molecule has 1 aliphatic rings. The second-order valence-electron chi connectivity index (χ2n) is 7.17. The smallest absolute Gasteiger partial charge is 0.411 e. The predicted octanol–water partition coefficient (Wildman–Crippen LogP) is 3.87. The first-order chi connectivity index (χ1) is 15.6. The van der Waals surface area contributed by atoms with E-state index in [2.05, 4.69) is 41.9 Å². The first-order valence-electron chi connectivity index (χ1n) is 9.64. The molecule has 0 aliphatic carbocycles. The van der Waals surface area contributed by atoms with E-state index in [1.165, 1.54) is 13.2 Å². The molecule has 2 aromatic rings. The standard InChI is InChI=1S/C20H21Br2N3O7S/c1-31-16-4-2-3-13(9-16)23-19(26)32-11-15-8-14(10-25(15)20(27)28)24-33(29,30)18-7-12(21)5-6-17(18)22/h2-7,9,14-15,24H,8,10-11H2,1H3,(H,23,26)(H,27,28)/t14-,15-/m1/s1. The van der Waals surface area contributed by atoms with Crippen LogP contribution in [0, 0.1) is 0 Å². The highest BCUT2D eigenvalue weighted by Crippen LogP contribution is 2.27. The van der Waals surface area contributed by atoms with E-state index in [4.69, 9.17) is 9.47 Å². The van der Waals surface area contributed by atoms with E-state index in [1.807, 2.05) is 0 Å². The van der Waals surface area contributed by atoms with Crippen molar-refractivity contribution in [3.8, 4) is 5.75 Å². The molecule has 33 heavy (non-hydrogen) atoms. The summed E-state index contributed by atoms with van der Waals surface area (Å²) in [5.74, 6) is 0.549. The minimum atomic E-state index is -3.93. The second kappa shape index (κ2) is 10.7. The van der Waals surface area contributed by atoms with Gasteiger partial charge in [-0.3, -0.25) is 5.32 Å². The Bertz CT molecular complexity index is 1150. The van der Waals surface area contributed by atoms with E-state index in [0.29, 0.717) is 20.4 Å². The van der Waals surface area contributed by atoms with Crippen molar-refractivity contribution in [2.75, 3.05) is 25.6 Å². The summed E-state index contributed by atoms with van der Waals surface area (Å²) in [6, 6.07) is 9.98. The molecule has 0 spiro atoms. The Kier molecular flexibility index (Phi) is 8.21. The quantitative estimate of drug-likeness (QED) is 0.435. The summed E-state index contributed by atoms with van der Waals surface area (Å²) in [5, 5.41) is 12.1. The van der Waals surface area contributed by atoms with Gasteiger partial charge in [-0.1, -0.05) is 22.0 Å². The Balaban J connectivity index is 1.63. The summed E-state index contributed by atoms with van der Waals surface area (Å²) < 4.78 is 39.4. The van der Waals surface area contributed by atoms with Crippen molar-refractivity contribution >= 4 is 59.8 Å². The van der Waals surface area contributed by atoms with Crippen molar-refractivity contribution in [1.29, 1.82) is 0 Å². The third kappa shape index (κ3) is 6.59. The zero-order valence-corrected chi connectivity index (χ0v) is 21.3. The third-order valence-electron chi connectivity index (χ3n) is 4.89. The molecule has 2 aromatic carbocycles. The lowest BCUT2D eigenvalue weighted by Crippen LogP contribution is -2.40. The molecule has 0 radical (unpaired) electrons. The van der Waals surface area contributed by atoms with Crippen LogP contribution in [0.3, 0.4) is 0 Å². The number of sulfonamides is 1. The van der Waals surface area contributed by atoms with Crippen LogP contribution in [0.25, 0.3) is 0 Å². The Morgan fingerprint density at radius 2 is 1.97 bits per heavy atom. The Morgan fingerprint density at radius 3 is 2.67 bits per heavy atom. The number of amides is 2. The van der Waals surface area contributed by atoms with Crippen LogP contribution in [0.1, 0.15) is 6.42 Å². The number of rotatable bonds is 7. The summed E-state index contributed by atoms with van der Waals surface area (Å²) in [6.45, 7) is -0.313. The first-order valence-corrected chi connectivity index (χ1v) is 12.7. The molecule has 0 unspecified atom stereocenters. The van der Waals surface area contributed by atoms with E-state index in [9.17, 15) is 23.1 Å². The van der Waals surface area contributed by atoms with E-state index in [0.717, 1.165) is 4.90 Å². The minimum absolute atomic E-state index is 0.0242. The molecular formula is C20H21Br2N3O7S. The van der Waals surface area contributed by atoms with E-state index in [1.54, 1.807) is 36.4 Å². The summed E-state index contributed by atoms with van der Waals surface area (Å²) in [4.78, 5) is 24.9. The molecule has 1 heterocycles. The Hall–Kier alpha value is -2.35. The maximum atomic E-state index is 12.8. The van der Waals surface area contributed by atoms with Gasteiger partial charge in [0.2, 0.25) is 10.0 Å². The zero-order chi connectivity index (χ0) is 24.2. The fourth-order valence-corrected chi connectivity index (χ4v) is 6.13. The Labute approximate surface area is 207 Å². The number of nitrogens with one attached hydrogen (secondary N) is 2. The number of methoxy groups -OCH3 is 1. The molecule has 10 nitrogen and oxygen atoms in total. The normalized spacial score (nSPS) is 18.1. The highest BCUT2D eigenvalue weighted by atomic mass is 79.9. The van der Waals surface area contributed by atoms with E-state index < -0.39 is 34.3 Å². The summed E-state index contributed by atoms with van der Waals surface area (Å²) in [5.41, 5.74) is 0.450. The second-order valence-corrected chi connectivity index (χ2v) is 10.6. The van der Waals surface area contributed by atoms with E-state index >= 15 is 0 Å². The summed E-state index contributed by atoms with van der Waals surface area (Å²) in [6.07, 6.45) is -1.86. The van der Waals surface area contributed by atoms with Crippen molar-refractivity contribution in [3.05, 3.63) is 51.4 Å². The molecule has 3 rings (SSSR count). The van der Waals surface area contributed by atoms with Crippen molar-refractivity contribution < 1.29 is 32.6 Å². The average Bonchev–Trinajstić information content (AvgIpc) is 3.16. The number of nitrogens with zero attached hydrogens (tertiary/aromatic N) is 1. The lowest BCUT2D eigenvalue weighted by atomic mass is 10.2. The number of likely N-dealkylation sites (tertiary alicyclic amines) is 1. The third-order valence-corrected chi connectivity index (χ3v) is 7.90. The van der Waals surface area contributed by atoms with Crippen LogP contribution in [0.2, 0.25) is 0 Å². The lowest BCUT2D eigenvalue weighted by molar-refractivity contribution is 0.102. The van der Waals surface area contributed by atoms with Crippen LogP contribution in [-0.2, 0) is 14.8 Å². The molecular weight excluding hydrogens is 586 g/mol. The van der Waals surface area contributed by atoms with E-state index in [-0.39, 0.29) is 24.5 Å². The fourth-order valence-electron chi connectivity index (χ4n) is 3.39. The number of halogens is 2. The number of ether oxygens (including phenoxy) is 2. The van der Waals surface area contributed by atoms with Crippen LogP contribution >= 0.6 is 31.9 Å². The van der Waals surface area contributed by atoms with Crippen molar-refractivity contribution in [2.24, 2.45) is 0 Å². The van der Waals surface area contributed by atoms with Gasteiger partial charge < -0.3 is 19.5 Å². The highest BCUT2D eigenvalue weighted by Gasteiger charge is 2.38. The van der Waals surface area contributed by atoms with Crippen LogP contribution in [0.5, 0.6) is 5.75 Å². The SMILES string of the molecule is COc1cccc(NC(=O)OC[C@H]2C[C@@H](NS(=O)(=O)c3cc(Br)ccc3Br)CN2C(=O)O)c1. The highest BCUT2D eigenvalue weighted by molar-refractivity contribution is 9.11. The molecule has 2 atom stereocenters. The maximum absolute atomic E-state index is 12.8. The largest absolute Gasteiger partial charge is 0.497 e. The van der Waals surface area contributed by atoms with Crippen LogP contribution in [0.15, 0.2) is 56.3 Å². The van der Waals surface area contributed by atoms with Gasteiger partial charge in [-0.25, -0.2) is 22.7 Å². The van der Waals surface area contributed by atoms with Gasteiger partial charge in [0.05, 0.1) is 18.0 Å². The first kappa shape index (κ1) is 25.3. The zero-order valence-electron chi connectivity index (χ0n) is 17.3. The van der Waals surface area contributed by atoms with Gasteiger partial charge in [0.15, 0.2) is 0 Å². The maximum Gasteiger partial charge on any atom is 0.411 e. The van der Waals surface area contributed by atoms with Crippen molar-refractivity contribution in [3.63, 3.8) is 0 Å². The number of carbonyl (C=O) groups excluding carboxylic acids is 1. The van der Waals surface area contributed by atoms with Gasteiger partial charge in [0, 0.05) is 33.3 Å². The Morgan fingerprint density at radius 1 is 1.21 bits per heavy atom. The number of hydrogen-bond donors (Lipinski definition) is 3. The lowest BCUT2D eigenvalue weighted by Gasteiger charge is -2.20.